The van der Waals surface area contributed by atoms with Crippen molar-refractivity contribution in [1.29, 1.82) is 0 Å². The summed E-state index contributed by atoms with van der Waals surface area (Å²) in [5.41, 5.74) is -1.15. The summed E-state index contributed by atoms with van der Waals surface area (Å²) >= 11 is 0. The predicted octanol–water partition coefficient (Wildman–Crippen LogP) is 1.26. The number of carbonyl (C=O) groups is 1. The molecule has 1 aliphatic carbocycles. The molecule has 2 unspecified atom stereocenters. The molecule has 1 amide bonds. The van der Waals surface area contributed by atoms with Crippen molar-refractivity contribution in [3.8, 4) is 0 Å². The number of alkyl halides is 1. The molecule has 0 aromatic heterocycles. The molecule has 1 fully saturated rings. The Morgan fingerprint density at radius 3 is 2.45 bits per heavy atom. The first kappa shape index (κ1) is 8.50. The van der Waals surface area contributed by atoms with Crippen molar-refractivity contribution in [3.05, 3.63) is 0 Å². The van der Waals surface area contributed by atoms with Gasteiger partial charge in [-0.05, 0) is 6.92 Å². The molecule has 0 bridgehead atoms. The van der Waals surface area contributed by atoms with Gasteiger partial charge in [0.15, 0.2) is 0 Å². The van der Waals surface area contributed by atoms with Crippen LogP contribution in [-0.2, 0) is 4.79 Å². The molecule has 0 aromatic carbocycles. The largest absolute Gasteiger partial charge is 0.350 e. The minimum Gasteiger partial charge on any atom is -0.350 e. The Bertz CT molecular complexity index is 177. The second kappa shape index (κ2) is 2.47. The Morgan fingerprint density at radius 1 is 1.73 bits per heavy atom. The smallest absolute Gasteiger partial charge is 0.222 e. The van der Waals surface area contributed by atoms with E-state index in [1.165, 1.54) is 6.92 Å². The van der Waals surface area contributed by atoms with Crippen LogP contribution in [0.1, 0.15) is 27.2 Å². The molecule has 0 saturated heterocycles. The van der Waals surface area contributed by atoms with Crippen molar-refractivity contribution in [3.63, 3.8) is 0 Å². The molecular weight excluding hydrogens is 145 g/mol. The highest BCUT2D eigenvalue weighted by molar-refractivity contribution is 5.78. The third-order valence-electron chi connectivity index (χ3n) is 2.01. The molecule has 1 saturated carbocycles. The number of nitrogens with one attached hydrogen (secondary N) is 1. The van der Waals surface area contributed by atoms with Crippen molar-refractivity contribution >= 4 is 5.91 Å². The third kappa shape index (κ3) is 1.91. The summed E-state index contributed by atoms with van der Waals surface area (Å²) < 4.78 is 12.9. The fourth-order valence-corrected chi connectivity index (χ4v) is 0.880. The van der Waals surface area contributed by atoms with Crippen molar-refractivity contribution < 1.29 is 9.18 Å². The van der Waals surface area contributed by atoms with Crippen molar-refractivity contribution in [2.45, 2.75) is 38.9 Å². The van der Waals surface area contributed by atoms with Crippen molar-refractivity contribution in [2.75, 3.05) is 0 Å². The van der Waals surface area contributed by atoms with Gasteiger partial charge in [-0.1, -0.05) is 13.8 Å². The molecule has 1 N–H and O–H groups in total. The van der Waals surface area contributed by atoms with Gasteiger partial charge in [0.05, 0.1) is 6.04 Å². The lowest BCUT2D eigenvalue weighted by atomic mass is 10.2. The fourth-order valence-electron chi connectivity index (χ4n) is 0.880. The Hall–Kier alpha value is -0.600. The predicted molar refractivity (Wildman–Crippen MR) is 40.9 cm³/mol. The minimum absolute atomic E-state index is 0.0496. The molecule has 0 radical (unpaired) electrons. The molecule has 0 heterocycles. The zero-order valence-corrected chi connectivity index (χ0v) is 7.15. The Labute approximate surface area is 66.2 Å². The normalized spacial score (nSPS) is 35.5. The van der Waals surface area contributed by atoms with Gasteiger partial charge in [0.2, 0.25) is 5.91 Å². The lowest BCUT2D eigenvalue weighted by molar-refractivity contribution is -0.124. The lowest BCUT2D eigenvalue weighted by Gasteiger charge is -2.06. The molecular formula is C8H14FNO. The second-order valence-electron chi connectivity index (χ2n) is 3.70. The van der Waals surface area contributed by atoms with Crippen LogP contribution in [0.3, 0.4) is 0 Å². The van der Waals surface area contributed by atoms with E-state index in [9.17, 15) is 9.18 Å². The monoisotopic (exact) mass is 159 g/mol. The van der Waals surface area contributed by atoms with Gasteiger partial charge in [-0.3, -0.25) is 4.79 Å². The summed E-state index contributed by atoms with van der Waals surface area (Å²) in [6, 6.07) is -0.239. The van der Waals surface area contributed by atoms with E-state index >= 15 is 0 Å². The molecule has 0 spiro atoms. The van der Waals surface area contributed by atoms with E-state index in [0.29, 0.717) is 6.42 Å². The average molecular weight is 159 g/mol. The van der Waals surface area contributed by atoms with Gasteiger partial charge in [-0.15, -0.1) is 0 Å². The van der Waals surface area contributed by atoms with Crippen LogP contribution in [-0.4, -0.2) is 17.6 Å². The van der Waals surface area contributed by atoms with Gasteiger partial charge >= 0.3 is 0 Å². The quantitative estimate of drug-likeness (QED) is 0.645. The van der Waals surface area contributed by atoms with E-state index in [-0.39, 0.29) is 17.9 Å². The highest BCUT2D eigenvalue weighted by Crippen LogP contribution is 2.39. The summed E-state index contributed by atoms with van der Waals surface area (Å²) in [4.78, 5) is 11.0. The van der Waals surface area contributed by atoms with Crippen LogP contribution >= 0.6 is 0 Å². The molecule has 0 aliphatic heterocycles. The molecule has 2 atom stereocenters. The van der Waals surface area contributed by atoms with E-state index in [2.05, 4.69) is 5.32 Å². The summed E-state index contributed by atoms with van der Waals surface area (Å²) in [7, 11) is 0. The van der Waals surface area contributed by atoms with Crippen molar-refractivity contribution in [2.24, 2.45) is 5.92 Å². The summed E-state index contributed by atoms with van der Waals surface area (Å²) in [6.45, 7) is 5.11. The third-order valence-corrected chi connectivity index (χ3v) is 2.01. The van der Waals surface area contributed by atoms with Crippen LogP contribution in [0, 0.1) is 5.92 Å². The maximum Gasteiger partial charge on any atom is 0.222 e. The SMILES string of the molecule is CC(C)C(=O)NC1CC1(C)F. The first-order valence-corrected chi connectivity index (χ1v) is 3.93. The summed E-state index contributed by atoms with van der Waals surface area (Å²) in [5, 5.41) is 2.63. The molecule has 3 heteroatoms. The van der Waals surface area contributed by atoms with Crippen LogP contribution in [0.15, 0.2) is 0 Å². The zero-order chi connectivity index (χ0) is 8.65. The number of rotatable bonds is 2. The molecule has 11 heavy (non-hydrogen) atoms. The Kier molecular flexibility index (Phi) is 1.90. The minimum atomic E-state index is -1.15. The summed E-state index contributed by atoms with van der Waals surface area (Å²) in [5.74, 6) is -0.109. The van der Waals surface area contributed by atoms with Crippen LogP contribution in [0.25, 0.3) is 0 Å². The number of hydrogen-bond acceptors (Lipinski definition) is 1. The maximum absolute atomic E-state index is 12.9. The first-order chi connectivity index (χ1) is 4.93. The van der Waals surface area contributed by atoms with Gasteiger partial charge in [0, 0.05) is 12.3 Å². The average Bonchev–Trinajstić information content (AvgIpc) is 2.39. The Balaban J connectivity index is 2.29. The summed E-state index contributed by atoms with van der Waals surface area (Å²) in [6.07, 6.45) is 0.464. The van der Waals surface area contributed by atoms with Crippen LogP contribution in [0.5, 0.6) is 0 Å². The topological polar surface area (TPSA) is 29.1 Å². The zero-order valence-electron chi connectivity index (χ0n) is 7.15. The second-order valence-corrected chi connectivity index (χ2v) is 3.70. The van der Waals surface area contributed by atoms with Crippen molar-refractivity contribution in [1.82, 2.24) is 5.32 Å². The van der Waals surface area contributed by atoms with E-state index in [4.69, 9.17) is 0 Å². The van der Waals surface area contributed by atoms with Gasteiger partial charge in [0.1, 0.15) is 5.67 Å². The Morgan fingerprint density at radius 2 is 2.18 bits per heavy atom. The highest BCUT2D eigenvalue weighted by atomic mass is 19.1. The number of hydrogen-bond donors (Lipinski definition) is 1. The molecule has 64 valence electrons. The van der Waals surface area contributed by atoms with E-state index in [1.807, 2.05) is 0 Å². The van der Waals surface area contributed by atoms with E-state index < -0.39 is 5.67 Å². The van der Waals surface area contributed by atoms with E-state index in [1.54, 1.807) is 13.8 Å². The number of carbonyl (C=O) groups excluding carboxylic acids is 1. The highest BCUT2D eigenvalue weighted by Gasteiger charge is 2.52. The molecule has 0 aromatic rings. The molecule has 1 aliphatic rings. The molecule has 2 nitrogen and oxygen atoms in total. The van der Waals surface area contributed by atoms with Crippen LogP contribution < -0.4 is 5.32 Å². The maximum atomic E-state index is 12.9. The standard InChI is InChI=1S/C8H14FNO/c1-5(2)7(11)10-6-4-8(6,3)9/h5-6H,4H2,1-3H3,(H,10,11). The lowest BCUT2D eigenvalue weighted by Crippen LogP contribution is -2.32. The van der Waals surface area contributed by atoms with Gasteiger partial charge < -0.3 is 5.32 Å². The molecule has 1 rings (SSSR count). The van der Waals surface area contributed by atoms with E-state index in [0.717, 1.165) is 0 Å². The van der Waals surface area contributed by atoms with Gasteiger partial charge in [0.25, 0.3) is 0 Å². The van der Waals surface area contributed by atoms with Gasteiger partial charge in [-0.25, -0.2) is 4.39 Å². The van der Waals surface area contributed by atoms with Crippen LogP contribution in [0.4, 0.5) is 4.39 Å². The first-order valence-electron chi connectivity index (χ1n) is 3.93. The fraction of sp³-hybridized carbons (Fsp3) is 0.875. The van der Waals surface area contributed by atoms with Gasteiger partial charge in [-0.2, -0.15) is 0 Å². The number of halogens is 1. The van der Waals surface area contributed by atoms with Crippen LogP contribution in [0.2, 0.25) is 0 Å². The number of amides is 1.